The van der Waals surface area contributed by atoms with Crippen molar-refractivity contribution in [3.8, 4) is 0 Å². The van der Waals surface area contributed by atoms with Crippen LogP contribution < -0.4 is 5.32 Å². The fraction of sp³-hybridized carbons (Fsp3) is 0.562. The van der Waals surface area contributed by atoms with Crippen LogP contribution in [0.1, 0.15) is 27.2 Å². The van der Waals surface area contributed by atoms with Crippen LogP contribution in [-0.4, -0.2) is 46.9 Å². The van der Waals surface area contributed by atoms with Gasteiger partial charge in [-0.05, 0) is 51.5 Å². The second kappa shape index (κ2) is 6.52. The molecule has 1 heterocycles. The molecule has 122 valence electrons. The summed E-state index contributed by atoms with van der Waals surface area (Å²) in [5.74, 6) is -0.300. The number of rotatable bonds is 2. The molecule has 1 aliphatic heterocycles. The van der Waals surface area contributed by atoms with E-state index in [2.05, 4.69) is 5.32 Å². The molecule has 5 nitrogen and oxygen atoms in total. The highest BCUT2D eigenvalue weighted by Crippen LogP contribution is 2.19. The number of benzene rings is 1. The lowest BCUT2D eigenvalue weighted by Gasteiger charge is -2.37. The molecule has 1 saturated heterocycles. The lowest BCUT2D eigenvalue weighted by atomic mass is 10.0. The number of carbonyl (C=O) groups is 1. The molecule has 1 aliphatic rings. The first-order valence-corrected chi connectivity index (χ1v) is 7.43. The molecule has 0 saturated carbocycles. The third-order valence-corrected chi connectivity index (χ3v) is 3.43. The van der Waals surface area contributed by atoms with Crippen LogP contribution in [0.3, 0.4) is 0 Å². The van der Waals surface area contributed by atoms with Gasteiger partial charge in [0.1, 0.15) is 11.4 Å². The quantitative estimate of drug-likeness (QED) is 0.881. The molecule has 0 bridgehead atoms. The number of likely N-dealkylation sites (tertiary alicyclic amines) is 1. The van der Waals surface area contributed by atoms with E-state index in [0.29, 0.717) is 13.0 Å². The molecule has 2 atom stereocenters. The molecule has 2 rings (SSSR count). The van der Waals surface area contributed by atoms with Gasteiger partial charge in [-0.3, -0.25) is 0 Å². The fourth-order valence-corrected chi connectivity index (χ4v) is 2.35. The summed E-state index contributed by atoms with van der Waals surface area (Å²) in [5, 5.41) is 13.4. The summed E-state index contributed by atoms with van der Waals surface area (Å²) in [5.41, 5.74) is 0.196. The molecule has 1 aromatic rings. The number of β-amino-alcohol motifs (C(OH)–C–C–N with tert-alkyl or cyclic N) is 1. The molecule has 22 heavy (non-hydrogen) atoms. The van der Waals surface area contributed by atoms with Crippen molar-refractivity contribution in [3.63, 3.8) is 0 Å². The number of aliphatic hydroxyl groups is 1. The Kier molecular flexibility index (Phi) is 4.90. The molecule has 1 fully saturated rings. The van der Waals surface area contributed by atoms with Crippen LogP contribution in [0.5, 0.6) is 0 Å². The minimum absolute atomic E-state index is 0.177. The highest BCUT2D eigenvalue weighted by Gasteiger charge is 2.32. The van der Waals surface area contributed by atoms with Gasteiger partial charge in [0.2, 0.25) is 0 Å². The van der Waals surface area contributed by atoms with E-state index in [4.69, 9.17) is 4.74 Å². The third kappa shape index (κ3) is 4.59. The molecule has 0 aromatic heterocycles. The number of hydrogen-bond donors (Lipinski definition) is 2. The number of halogens is 1. The number of aliphatic hydroxyl groups excluding tert-OH is 1. The zero-order chi connectivity index (χ0) is 16.3. The molecule has 1 aromatic carbocycles. The molecule has 0 aliphatic carbocycles. The summed E-state index contributed by atoms with van der Waals surface area (Å²) in [4.78, 5) is 13.5. The number of ether oxygens (including phenoxy) is 1. The van der Waals surface area contributed by atoms with Gasteiger partial charge in [0.25, 0.3) is 0 Å². The van der Waals surface area contributed by atoms with Crippen molar-refractivity contribution in [3.05, 3.63) is 30.1 Å². The molecule has 2 N–H and O–H groups in total. The second-order valence-electron chi connectivity index (χ2n) is 6.54. The maximum Gasteiger partial charge on any atom is 0.410 e. The van der Waals surface area contributed by atoms with Crippen molar-refractivity contribution in [2.24, 2.45) is 0 Å². The van der Waals surface area contributed by atoms with E-state index < -0.39 is 17.8 Å². The Morgan fingerprint density at radius 3 is 2.55 bits per heavy atom. The number of anilines is 1. The van der Waals surface area contributed by atoms with Gasteiger partial charge in [0.05, 0.1) is 18.7 Å². The fourth-order valence-electron chi connectivity index (χ4n) is 2.35. The maximum absolute atomic E-state index is 12.9. The van der Waals surface area contributed by atoms with E-state index in [1.54, 1.807) is 12.1 Å². The Bertz CT molecular complexity index is 513. The highest BCUT2D eigenvalue weighted by molar-refractivity contribution is 5.68. The molecule has 6 heteroatoms. The van der Waals surface area contributed by atoms with E-state index >= 15 is 0 Å². The van der Waals surface area contributed by atoms with Crippen molar-refractivity contribution in [1.29, 1.82) is 0 Å². The van der Waals surface area contributed by atoms with Crippen LogP contribution in [0.25, 0.3) is 0 Å². The number of piperidine rings is 1. The van der Waals surface area contributed by atoms with Gasteiger partial charge in [-0.2, -0.15) is 0 Å². The minimum atomic E-state index is -0.702. The number of carbonyl (C=O) groups excluding carboxylic acids is 1. The minimum Gasteiger partial charge on any atom is -0.444 e. The first kappa shape index (κ1) is 16.5. The van der Waals surface area contributed by atoms with Crippen molar-refractivity contribution < 1.29 is 19.0 Å². The van der Waals surface area contributed by atoms with E-state index in [1.807, 2.05) is 20.8 Å². The zero-order valence-electron chi connectivity index (χ0n) is 13.2. The second-order valence-corrected chi connectivity index (χ2v) is 6.54. The Hall–Kier alpha value is -1.82. The van der Waals surface area contributed by atoms with E-state index in [0.717, 1.165) is 5.69 Å². The topological polar surface area (TPSA) is 61.8 Å². The number of amides is 1. The van der Waals surface area contributed by atoms with Crippen LogP contribution in [-0.2, 0) is 4.74 Å². The van der Waals surface area contributed by atoms with E-state index in [9.17, 15) is 14.3 Å². The highest BCUT2D eigenvalue weighted by atomic mass is 19.1. The predicted molar refractivity (Wildman–Crippen MR) is 82.2 cm³/mol. The maximum atomic E-state index is 12.9. The van der Waals surface area contributed by atoms with Gasteiger partial charge in [-0.15, -0.1) is 0 Å². The van der Waals surface area contributed by atoms with Crippen molar-refractivity contribution in [1.82, 2.24) is 4.90 Å². The SMILES string of the molecule is CC(C)(C)OC(=O)N1CC[C@@H](Nc2ccc(F)cc2)[C@H](O)C1. The summed E-state index contributed by atoms with van der Waals surface area (Å²) in [7, 11) is 0. The van der Waals surface area contributed by atoms with Gasteiger partial charge in [0.15, 0.2) is 0 Å². The largest absolute Gasteiger partial charge is 0.444 e. The van der Waals surface area contributed by atoms with Gasteiger partial charge < -0.3 is 20.1 Å². The van der Waals surface area contributed by atoms with Crippen LogP contribution >= 0.6 is 0 Å². The van der Waals surface area contributed by atoms with Crippen molar-refractivity contribution in [2.75, 3.05) is 18.4 Å². The van der Waals surface area contributed by atoms with Crippen LogP contribution in [0.15, 0.2) is 24.3 Å². The smallest absolute Gasteiger partial charge is 0.410 e. The molecule has 0 unspecified atom stereocenters. The van der Waals surface area contributed by atoms with E-state index in [-0.39, 0.29) is 18.4 Å². The summed E-state index contributed by atoms with van der Waals surface area (Å²) in [6.07, 6.45) is -0.518. The predicted octanol–water partition coefficient (Wildman–Crippen LogP) is 2.61. The summed E-state index contributed by atoms with van der Waals surface area (Å²) in [6.45, 7) is 6.15. The van der Waals surface area contributed by atoms with Crippen molar-refractivity contribution >= 4 is 11.8 Å². The van der Waals surface area contributed by atoms with Crippen molar-refractivity contribution in [2.45, 2.75) is 44.9 Å². The van der Waals surface area contributed by atoms with Gasteiger partial charge in [0, 0.05) is 12.2 Å². The molecule has 1 amide bonds. The monoisotopic (exact) mass is 310 g/mol. The van der Waals surface area contributed by atoms with E-state index in [1.165, 1.54) is 17.0 Å². The van der Waals surface area contributed by atoms with Crippen LogP contribution in [0, 0.1) is 5.82 Å². The molecular weight excluding hydrogens is 287 g/mol. The summed E-state index contributed by atoms with van der Waals surface area (Å²) in [6, 6.07) is 5.81. The molecule has 0 spiro atoms. The van der Waals surface area contributed by atoms with Crippen LogP contribution in [0.2, 0.25) is 0 Å². The standard InChI is InChI=1S/C16H23FN2O3/c1-16(2,3)22-15(21)19-9-8-13(14(20)10-19)18-12-6-4-11(17)5-7-12/h4-7,13-14,18,20H,8-10H2,1-3H3/t13-,14-/m1/s1. The van der Waals surface area contributed by atoms with Gasteiger partial charge in [-0.25, -0.2) is 9.18 Å². The first-order chi connectivity index (χ1) is 10.2. The molecule has 0 radical (unpaired) electrons. The lowest BCUT2D eigenvalue weighted by Crippen LogP contribution is -2.52. The Labute approximate surface area is 130 Å². The average molecular weight is 310 g/mol. The third-order valence-electron chi connectivity index (χ3n) is 3.43. The number of hydrogen-bond acceptors (Lipinski definition) is 4. The number of nitrogens with zero attached hydrogens (tertiary/aromatic N) is 1. The summed E-state index contributed by atoms with van der Waals surface area (Å²) < 4.78 is 18.2. The Morgan fingerprint density at radius 2 is 2.00 bits per heavy atom. The number of nitrogens with one attached hydrogen (secondary N) is 1. The first-order valence-electron chi connectivity index (χ1n) is 7.43. The Balaban J connectivity index is 1.90. The van der Waals surface area contributed by atoms with Crippen LogP contribution in [0.4, 0.5) is 14.9 Å². The normalized spacial score (nSPS) is 22.3. The molecular formula is C16H23FN2O3. The summed E-state index contributed by atoms with van der Waals surface area (Å²) >= 11 is 0. The van der Waals surface area contributed by atoms with Gasteiger partial charge in [-0.1, -0.05) is 0 Å². The average Bonchev–Trinajstić information content (AvgIpc) is 2.41. The lowest BCUT2D eigenvalue weighted by molar-refractivity contribution is 0.00119. The van der Waals surface area contributed by atoms with Gasteiger partial charge >= 0.3 is 6.09 Å². The Morgan fingerprint density at radius 1 is 1.36 bits per heavy atom. The zero-order valence-corrected chi connectivity index (χ0v) is 13.2.